The Labute approximate surface area is 186 Å². The summed E-state index contributed by atoms with van der Waals surface area (Å²) < 4.78 is 59.6. The predicted octanol–water partition coefficient (Wildman–Crippen LogP) is 4.18. The Hall–Kier alpha value is -3.43. The molecule has 1 aliphatic carbocycles. The van der Waals surface area contributed by atoms with Crippen molar-refractivity contribution in [3.05, 3.63) is 94.6 Å². The van der Waals surface area contributed by atoms with Gasteiger partial charge in [-0.2, -0.15) is 0 Å². The van der Waals surface area contributed by atoms with Crippen molar-refractivity contribution in [3.8, 4) is 11.1 Å². The number of carbonyl (C=O) groups excluding carboxylic acids is 1. The summed E-state index contributed by atoms with van der Waals surface area (Å²) in [5.74, 6) is -7.32. The monoisotopic (exact) mass is 461 g/mol. The lowest BCUT2D eigenvalue weighted by Crippen LogP contribution is -2.37. The fourth-order valence-electron chi connectivity index (χ4n) is 3.99. The zero-order valence-electron chi connectivity index (χ0n) is 17.1. The molecule has 9 heteroatoms. The zero-order valence-corrected chi connectivity index (χ0v) is 17.1. The number of alkyl carbamates (subject to hydrolysis) is 1. The van der Waals surface area contributed by atoms with E-state index >= 15 is 0 Å². The molecule has 4 rings (SSSR count). The third kappa shape index (κ3) is 4.29. The van der Waals surface area contributed by atoms with Crippen LogP contribution in [0.15, 0.2) is 54.6 Å². The highest BCUT2D eigenvalue weighted by atomic mass is 19.2. The van der Waals surface area contributed by atoms with Gasteiger partial charge in [0.15, 0.2) is 23.3 Å². The highest BCUT2D eigenvalue weighted by Gasteiger charge is 2.31. The smallest absolute Gasteiger partial charge is 0.407 e. The first-order valence-electron chi connectivity index (χ1n) is 10.1. The van der Waals surface area contributed by atoms with E-state index in [1.54, 1.807) is 0 Å². The number of amides is 1. The molecule has 0 saturated carbocycles. The van der Waals surface area contributed by atoms with Crippen molar-refractivity contribution in [3.63, 3.8) is 0 Å². The van der Waals surface area contributed by atoms with E-state index in [1.165, 1.54) is 0 Å². The number of fused-ring (bicyclic) bond motifs is 3. The Morgan fingerprint density at radius 2 is 1.42 bits per heavy atom. The van der Waals surface area contributed by atoms with Crippen LogP contribution in [0.25, 0.3) is 11.1 Å². The van der Waals surface area contributed by atoms with Crippen LogP contribution in [0.2, 0.25) is 0 Å². The number of hydrogen-bond acceptors (Lipinski definition) is 4. The Kier molecular flexibility index (Phi) is 6.35. The minimum atomic E-state index is -2.33. The van der Waals surface area contributed by atoms with Crippen molar-refractivity contribution in [1.82, 2.24) is 5.32 Å². The van der Waals surface area contributed by atoms with E-state index < -0.39 is 53.7 Å². The highest BCUT2D eigenvalue weighted by molar-refractivity contribution is 5.79. The lowest BCUT2D eigenvalue weighted by Gasteiger charge is -2.20. The number of hydrogen-bond donors (Lipinski definition) is 3. The summed E-state index contributed by atoms with van der Waals surface area (Å²) in [6, 6.07) is 15.4. The van der Waals surface area contributed by atoms with Crippen LogP contribution in [0.5, 0.6) is 0 Å². The maximum absolute atomic E-state index is 13.8. The fourth-order valence-corrected chi connectivity index (χ4v) is 3.99. The molecule has 0 aliphatic heterocycles. The molecule has 0 saturated heterocycles. The first kappa shape index (κ1) is 22.8. The van der Waals surface area contributed by atoms with E-state index in [2.05, 4.69) is 5.32 Å². The number of aliphatic hydroxyl groups is 2. The molecule has 0 bridgehead atoms. The second-order valence-corrected chi connectivity index (χ2v) is 7.60. The normalized spacial score (nSPS) is 14.4. The minimum absolute atomic E-state index is 0.0117. The van der Waals surface area contributed by atoms with Crippen LogP contribution in [0, 0.1) is 23.3 Å². The standard InChI is InChI=1S/C24H19F4NO4/c25-17-9-18(26)22(28)20(21(17)27)23(31)19(30)10-29-24(32)33-11-16-14-7-3-1-5-12(14)13-6-2-4-8-15(13)16/h1-9,16,19,23,30-31H,10-11H2,(H,29,32). The van der Waals surface area contributed by atoms with Gasteiger partial charge in [0.05, 0.1) is 5.56 Å². The van der Waals surface area contributed by atoms with Gasteiger partial charge in [0.2, 0.25) is 0 Å². The summed E-state index contributed by atoms with van der Waals surface area (Å²) in [5.41, 5.74) is 2.68. The number of rotatable bonds is 6. The molecule has 0 fully saturated rings. The molecule has 0 aromatic heterocycles. The summed E-state index contributed by atoms with van der Waals surface area (Å²) in [7, 11) is 0. The highest BCUT2D eigenvalue weighted by Crippen LogP contribution is 2.44. The van der Waals surface area contributed by atoms with Crippen molar-refractivity contribution in [2.75, 3.05) is 13.2 Å². The van der Waals surface area contributed by atoms with E-state index in [-0.39, 0.29) is 18.6 Å². The third-order valence-electron chi connectivity index (χ3n) is 5.61. The molecule has 3 aromatic carbocycles. The van der Waals surface area contributed by atoms with Gasteiger partial charge in [-0.15, -0.1) is 0 Å². The molecule has 2 atom stereocenters. The fraction of sp³-hybridized carbons (Fsp3) is 0.208. The number of aliphatic hydroxyl groups excluding tert-OH is 2. The SMILES string of the molecule is O=C(NCC(O)C(O)c1c(F)c(F)cc(F)c1F)OCC1c2ccccc2-c2ccccc21. The van der Waals surface area contributed by atoms with Gasteiger partial charge in [-0.3, -0.25) is 0 Å². The molecule has 33 heavy (non-hydrogen) atoms. The van der Waals surface area contributed by atoms with Crippen LogP contribution in [-0.4, -0.2) is 35.6 Å². The van der Waals surface area contributed by atoms with Crippen LogP contribution >= 0.6 is 0 Å². The molecular weight excluding hydrogens is 442 g/mol. The second kappa shape index (κ2) is 9.21. The summed E-state index contributed by atoms with van der Waals surface area (Å²) in [6.07, 6.45) is -5.24. The summed E-state index contributed by atoms with van der Waals surface area (Å²) in [5, 5.41) is 22.1. The van der Waals surface area contributed by atoms with Gasteiger partial charge in [-0.1, -0.05) is 48.5 Å². The Morgan fingerprint density at radius 3 is 1.97 bits per heavy atom. The van der Waals surface area contributed by atoms with Crippen molar-refractivity contribution in [1.29, 1.82) is 0 Å². The van der Waals surface area contributed by atoms with E-state index in [9.17, 15) is 32.6 Å². The molecule has 172 valence electrons. The minimum Gasteiger partial charge on any atom is -0.449 e. The van der Waals surface area contributed by atoms with Gasteiger partial charge in [0.1, 0.15) is 18.8 Å². The van der Waals surface area contributed by atoms with Gasteiger partial charge in [0.25, 0.3) is 0 Å². The quantitative estimate of drug-likeness (QED) is 0.380. The Balaban J connectivity index is 1.38. The van der Waals surface area contributed by atoms with Crippen LogP contribution in [0.3, 0.4) is 0 Å². The summed E-state index contributed by atoms with van der Waals surface area (Å²) >= 11 is 0. The van der Waals surface area contributed by atoms with Gasteiger partial charge in [-0.05, 0) is 22.3 Å². The van der Waals surface area contributed by atoms with Crippen molar-refractivity contribution in [2.24, 2.45) is 0 Å². The molecule has 0 radical (unpaired) electrons. The van der Waals surface area contributed by atoms with Crippen molar-refractivity contribution < 1.29 is 37.3 Å². The first-order chi connectivity index (χ1) is 15.8. The molecule has 3 aromatic rings. The van der Waals surface area contributed by atoms with Gasteiger partial charge in [0, 0.05) is 18.5 Å². The number of benzene rings is 3. The molecule has 0 spiro atoms. The average molecular weight is 461 g/mol. The Morgan fingerprint density at radius 1 is 0.909 bits per heavy atom. The number of nitrogens with one attached hydrogen (secondary N) is 1. The van der Waals surface area contributed by atoms with Gasteiger partial charge < -0.3 is 20.3 Å². The maximum atomic E-state index is 13.8. The summed E-state index contributed by atoms with van der Waals surface area (Å²) in [4.78, 5) is 12.1. The lowest BCUT2D eigenvalue weighted by atomic mass is 9.98. The predicted molar refractivity (Wildman–Crippen MR) is 110 cm³/mol. The Bertz CT molecular complexity index is 1130. The lowest BCUT2D eigenvalue weighted by molar-refractivity contribution is 0.0135. The molecule has 0 heterocycles. The van der Waals surface area contributed by atoms with E-state index in [4.69, 9.17) is 4.74 Å². The largest absolute Gasteiger partial charge is 0.449 e. The first-order valence-corrected chi connectivity index (χ1v) is 10.1. The molecule has 5 nitrogen and oxygen atoms in total. The third-order valence-corrected chi connectivity index (χ3v) is 5.61. The zero-order chi connectivity index (χ0) is 23.7. The molecule has 2 unspecified atom stereocenters. The topological polar surface area (TPSA) is 78.8 Å². The van der Waals surface area contributed by atoms with Crippen LogP contribution in [0.1, 0.15) is 28.7 Å². The average Bonchev–Trinajstić information content (AvgIpc) is 3.13. The van der Waals surface area contributed by atoms with E-state index in [0.717, 1.165) is 22.3 Å². The van der Waals surface area contributed by atoms with E-state index in [0.29, 0.717) is 0 Å². The second-order valence-electron chi connectivity index (χ2n) is 7.60. The van der Waals surface area contributed by atoms with Crippen LogP contribution < -0.4 is 5.32 Å². The van der Waals surface area contributed by atoms with Crippen molar-refractivity contribution in [2.45, 2.75) is 18.1 Å². The maximum Gasteiger partial charge on any atom is 0.407 e. The number of carbonyl (C=O) groups is 1. The molecule has 1 aliphatic rings. The number of ether oxygens (including phenoxy) is 1. The molecule has 3 N–H and O–H groups in total. The van der Waals surface area contributed by atoms with Crippen LogP contribution in [-0.2, 0) is 4.74 Å². The van der Waals surface area contributed by atoms with Gasteiger partial charge >= 0.3 is 6.09 Å². The van der Waals surface area contributed by atoms with Crippen molar-refractivity contribution >= 4 is 6.09 Å². The number of halogens is 4. The van der Waals surface area contributed by atoms with E-state index in [1.807, 2.05) is 48.5 Å². The molecule has 1 amide bonds. The molecular formula is C24H19F4NO4. The van der Waals surface area contributed by atoms with Crippen LogP contribution in [0.4, 0.5) is 22.4 Å². The summed E-state index contributed by atoms with van der Waals surface area (Å²) in [6.45, 7) is -0.703. The van der Waals surface area contributed by atoms with Gasteiger partial charge in [-0.25, -0.2) is 22.4 Å².